The number of rotatable bonds is 4. The van der Waals surface area contributed by atoms with Crippen LogP contribution in [0.1, 0.15) is 6.92 Å². The molecule has 0 aromatic heterocycles. The topological polar surface area (TPSA) is 67.4 Å². The molecule has 0 spiro atoms. The van der Waals surface area contributed by atoms with Crippen molar-refractivity contribution in [1.82, 2.24) is 5.32 Å². The summed E-state index contributed by atoms with van der Waals surface area (Å²) in [7, 11) is 0. The van der Waals surface area contributed by atoms with Gasteiger partial charge >= 0.3 is 6.09 Å². The molecule has 0 saturated carbocycles. The molecule has 0 radical (unpaired) electrons. The fraction of sp³-hybridized carbons (Fsp3) is 0.273. The van der Waals surface area contributed by atoms with Crippen molar-refractivity contribution in [2.45, 2.75) is 6.92 Å². The van der Waals surface area contributed by atoms with Crippen LogP contribution in [0.4, 0.5) is 10.5 Å². The minimum atomic E-state index is -0.655. The van der Waals surface area contributed by atoms with Gasteiger partial charge in [-0.25, -0.2) is 4.79 Å². The number of alkyl carbamates (subject to hydrolysis) is 1. The normalized spacial score (nSPS) is 9.72. The maximum absolute atomic E-state index is 11.5. The van der Waals surface area contributed by atoms with Gasteiger partial charge in [0.2, 0.25) is 5.91 Å². The van der Waals surface area contributed by atoms with Gasteiger partial charge in [-0.2, -0.15) is 0 Å². The molecule has 0 fully saturated rings. The molecule has 0 aliphatic heterocycles. The summed E-state index contributed by atoms with van der Waals surface area (Å²) in [6.45, 7) is 1.69. The molecule has 5 nitrogen and oxygen atoms in total. The first kappa shape index (κ1) is 14.6. The van der Waals surface area contributed by atoms with E-state index >= 15 is 0 Å². The first-order valence-electron chi connectivity index (χ1n) is 5.19. The first-order chi connectivity index (χ1) is 8.54. The minimum Gasteiger partial charge on any atom is -0.450 e. The Balaban J connectivity index is 2.52. The van der Waals surface area contributed by atoms with Crippen molar-refractivity contribution < 1.29 is 14.3 Å². The number of benzene rings is 1. The summed E-state index contributed by atoms with van der Waals surface area (Å²) < 4.78 is 4.61. The Bertz CT molecular complexity index is 432. The largest absolute Gasteiger partial charge is 0.450 e. The monoisotopic (exact) mass is 290 g/mol. The third kappa shape index (κ3) is 4.43. The Morgan fingerprint density at radius 2 is 1.89 bits per heavy atom. The number of carbonyl (C=O) groups excluding carboxylic acids is 2. The van der Waals surface area contributed by atoms with Gasteiger partial charge in [-0.3, -0.25) is 4.79 Å². The molecule has 18 heavy (non-hydrogen) atoms. The molecule has 2 N–H and O–H groups in total. The second kappa shape index (κ2) is 7.08. The summed E-state index contributed by atoms with van der Waals surface area (Å²) in [6.07, 6.45) is -0.655. The summed E-state index contributed by atoms with van der Waals surface area (Å²) in [5, 5.41) is 5.44. The van der Waals surface area contributed by atoms with E-state index < -0.39 is 12.0 Å². The van der Waals surface area contributed by atoms with Crippen LogP contribution in [0.25, 0.3) is 0 Å². The van der Waals surface area contributed by atoms with E-state index in [2.05, 4.69) is 15.4 Å². The zero-order valence-electron chi connectivity index (χ0n) is 9.63. The fourth-order valence-corrected chi connectivity index (χ4v) is 1.63. The molecule has 7 heteroatoms. The molecular formula is C11H12Cl2N2O3. The molecular weight excluding hydrogens is 279 g/mol. The van der Waals surface area contributed by atoms with Crippen LogP contribution in [0.3, 0.4) is 0 Å². The Morgan fingerprint density at radius 3 is 2.44 bits per heavy atom. The zero-order valence-corrected chi connectivity index (χ0v) is 11.1. The molecule has 0 heterocycles. The van der Waals surface area contributed by atoms with E-state index in [1.54, 1.807) is 25.1 Å². The number of ether oxygens (including phenoxy) is 1. The molecule has 0 aliphatic carbocycles. The van der Waals surface area contributed by atoms with Crippen molar-refractivity contribution in [3.05, 3.63) is 28.2 Å². The van der Waals surface area contributed by atoms with Crippen LogP contribution < -0.4 is 10.6 Å². The maximum Gasteiger partial charge on any atom is 0.407 e. The highest BCUT2D eigenvalue weighted by Crippen LogP contribution is 2.29. The molecule has 0 aliphatic rings. The van der Waals surface area contributed by atoms with Crippen molar-refractivity contribution in [3.63, 3.8) is 0 Å². The highest BCUT2D eigenvalue weighted by molar-refractivity contribution is 6.39. The third-order valence-corrected chi connectivity index (χ3v) is 2.53. The van der Waals surface area contributed by atoms with Gasteiger partial charge in [0.05, 0.1) is 22.3 Å². The lowest BCUT2D eigenvalue weighted by Crippen LogP contribution is -2.33. The van der Waals surface area contributed by atoms with E-state index in [1.807, 2.05) is 0 Å². The second-order valence-electron chi connectivity index (χ2n) is 3.22. The van der Waals surface area contributed by atoms with Gasteiger partial charge in [-0.15, -0.1) is 0 Å². The zero-order chi connectivity index (χ0) is 13.5. The number of hydrogen-bond acceptors (Lipinski definition) is 3. The average molecular weight is 291 g/mol. The Labute approximate surface area is 114 Å². The number of halogens is 2. The van der Waals surface area contributed by atoms with Crippen LogP contribution in [0.2, 0.25) is 10.0 Å². The Hall–Kier alpha value is -1.46. The summed E-state index contributed by atoms with van der Waals surface area (Å²) in [6, 6.07) is 4.86. The van der Waals surface area contributed by atoms with Gasteiger partial charge in [0, 0.05) is 0 Å². The predicted molar refractivity (Wildman–Crippen MR) is 70.1 cm³/mol. The minimum absolute atomic E-state index is 0.222. The molecule has 0 saturated heterocycles. The van der Waals surface area contributed by atoms with Gasteiger partial charge < -0.3 is 15.4 Å². The second-order valence-corrected chi connectivity index (χ2v) is 4.03. The highest BCUT2D eigenvalue weighted by Gasteiger charge is 2.10. The van der Waals surface area contributed by atoms with Crippen LogP contribution in [-0.2, 0) is 9.53 Å². The lowest BCUT2D eigenvalue weighted by atomic mass is 10.3. The molecule has 1 rings (SSSR count). The SMILES string of the molecule is CCOC(=O)NCC(=O)Nc1c(Cl)cccc1Cl. The summed E-state index contributed by atoms with van der Waals surface area (Å²) in [5.74, 6) is -0.446. The summed E-state index contributed by atoms with van der Waals surface area (Å²) in [5.41, 5.74) is 0.316. The first-order valence-corrected chi connectivity index (χ1v) is 5.94. The van der Waals surface area contributed by atoms with Gasteiger partial charge in [-0.1, -0.05) is 29.3 Å². The number of hydrogen-bond donors (Lipinski definition) is 2. The average Bonchev–Trinajstić information content (AvgIpc) is 2.32. The van der Waals surface area contributed by atoms with E-state index in [0.29, 0.717) is 15.7 Å². The van der Waals surface area contributed by atoms with Crippen molar-refractivity contribution in [2.24, 2.45) is 0 Å². The third-order valence-electron chi connectivity index (χ3n) is 1.90. The number of anilines is 1. The summed E-state index contributed by atoms with van der Waals surface area (Å²) >= 11 is 11.7. The van der Waals surface area contributed by atoms with Crippen LogP contribution in [0.15, 0.2) is 18.2 Å². The lowest BCUT2D eigenvalue weighted by molar-refractivity contribution is -0.115. The van der Waals surface area contributed by atoms with E-state index in [9.17, 15) is 9.59 Å². The molecule has 1 aromatic carbocycles. The van der Waals surface area contributed by atoms with Crippen LogP contribution in [0.5, 0.6) is 0 Å². The molecule has 98 valence electrons. The maximum atomic E-state index is 11.5. The highest BCUT2D eigenvalue weighted by atomic mass is 35.5. The number of para-hydroxylation sites is 1. The van der Waals surface area contributed by atoms with E-state index in [4.69, 9.17) is 23.2 Å². The fourth-order valence-electron chi connectivity index (χ4n) is 1.14. The molecule has 0 bridgehead atoms. The van der Waals surface area contributed by atoms with E-state index in [0.717, 1.165) is 0 Å². The Morgan fingerprint density at radius 1 is 1.28 bits per heavy atom. The van der Waals surface area contributed by atoms with Crippen molar-refractivity contribution in [2.75, 3.05) is 18.5 Å². The Kier molecular flexibility index (Phi) is 5.74. The van der Waals surface area contributed by atoms with Crippen molar-refractivity contribution in [3.8, 4) is 0 Å². The summed E-state index contributed by atoms with van der Waals surface area (Å²) in [4.78, 5) is 22.5. The smallest absolute Gasteiger partial charge is 0.407 e. The number of nitrogens with one attached hydrogen (secondary N) is 2. The lowest BCUT2D eigenvalue weighted by Gasteiger charge is -2.09. The number of amides is 2. The van der Waals surface area contributed by atoms with E-state index in [-0.39, 0.29) is 13.2 Å². The van der Waals surface area contributed by atoms with Crippen LogP contribution >= 0.6 is 23.2 Å². The van der Waals surface area contributed by atoms with Crippen LogP contribution in [-0.4, -0.2) is 25.2 Å². The van der Waals surface area contributed by atoms with Gasteiger partial charge in [0.25, 0.3) is 0 Å². The quantitative estimate of drug-likeness (QED) is 0.896. The van der Waals surface area contributed by atoms with E-state index in [1.165, 1.54) is 0 Å². The van der Waals surface area contributed by atoms with Crippen molar-refractivity contribution >= 4 is 40.9 Å². The standard InChI is InChI=1S/C11H12Cl2N2O3/c1-2-18-11(17)14-6-9(16)15-10-7(12)4-3-5-8(10)13/h3-5H,2,6H2,1H3,(H,14,17)(H,15,16). The van der Waals surface area contributed by atoms with Crippen LogP contribution in [0, 0.1) is 0 Å². The van der Waals surface area contributed by atoms with Gasteiger partial charge in [0.1, 0.15) is 6.54 Å². The van der Waals surface area contributed by atoms with Gasteiger partial charge in [0.15, 0.2) is 0 Å². The number of carbonyl (C=O) groups is 2. The predicted octanol–water partition coefficient (Wildman–Crippen LogP) is 2.68. The molecule has 0 atom stereocenters. The van der Waals surface area contributed by atoms with Gasteiger partial charge in [-0.05, 0) is 19.1 Å². The molecule has 0 unspecified atom stereocenters. The van der Waals surface area contributed by atoms with Crippen molar-refractivity contribution in [1.29, 1.82) is 0 Å². The molecule has 2 amide bonds. The molecule has 1 aromatic rings.